The Morgan fingerprint density at radius 2 is 1.82 bits per heavy atom. The molecule has 1 aliphatic heterocycles. The van der Waals surface area contributed by atoms with E-state index >= 15 is 0 Å². The van der Waals surface area contributed by atoms with Crippen molar-refractivity contribution >= 4 is 35.1 Å². The highest BCUT2D eigenvalue weighted by Gasteiger charge is 2.29. The third-order valence-electron chi connectivity index (χ3n) is 6.25. The Hall–Kier alpha value is -3.88. The van der Waals surface area contributed by atoms with E-state index in [4.69, 9.17) is 21.1 Å². The van der Waals surface area contributed by atoms with Gasteiger partial charge in [-0.2, -0.15) is 10.2 Å². The number of halogens is 1. The maximum atomic E-state index is 12.8. The molecule has 4 aromatic rings. The summed E-state index contributed by atoms with van der Waals surface area (Å²) in [6, 6.07) is 21.6. The largest absolute Gasteiger partial charge is 0.493 e. The molecule has 0 saturated heterocycles. The Balaban J connectivity index is 1.24. The molecule has 0 fully saturated rings. The summed E-state index contributed by atoms with van der Waals surface area (Å²) in [6.07, 6.45) is 2.54. The summed E-state index contributed by atoms with van der Waals surface area (Å²) in [7, 11) is 0. The topological polar surface area (TPSA) is 98.6 Å². The van der Waals surface area contributed by atoms with Crippen LogP contribution in [0.5, 0.6) is 17.2 Å². The van der Waals surface area contributed by atoms with Crippen molar-refractivity contribution in [3.8, 4) is 28.5 Å². The van der Waals surface area contributed by atoms with Gasteiger partial charge >= 0.3 is 5.97 Å². The third kappa shape index (κ3) is 5.66. The number of carboxylic acids is 1. The molecule has 0 radical (unpaired) electrons. The predicted molar refractivity (Wildman–Crippen MR) is 146 cm³/mol. The first kappa shape index (κ1) is 25.8. The van der Waals surface area contributed by atoms with E-state index in [9.17, 15) is 14.7 Å². The molecule has 1 atom stereocenters. The molecular formula is C29H23ClN2O5S. The molecule has 7 nitrogen and oxygen atoms in total. The van der Waals surface area contributed by atoms with Gasteiger partial charge in [-0.15, -0.1) is 11.8 Å². The second kappa shape index (κ2) is 11.2. The summed E-state index contributed by atoms with van der Waals surface area (Å²) in [5.41, 5.74) is 3.35. The average Bonchev–Trinajstić information content (AvgIpc) is 2.94. The summed E-state index contributed by atoms with van der Waals surface area (Å²) in [6.45, 7) is 0.306. The van der Waals surface area contributed by atoms with Gasteiger partial charge < -0.3 is 14.6 Å². The van der Waals surface area contributed by atoms with Crippen LogP contribution in [0.2, 0.25) is 5.02 Å². The molecular weight excluding hydrogens is 524 g/mol. The smallest absolute Gasteiger partial charge is 0.311 e. The number of ether oxygens (including phenoxy) is 2. The number of Topliss-reactive ketones (excluding diaryl/α,β-unsaturated/α-hetero) is 1. The number of aromatic nitrogens is 2. The molecule has 3 aromatic carbocycles. The molecule has 1 N–H and O–H groups in total. The van der Waals surface area contributed by atoms with Gasteiger partial charge in [0.05, 0.1) is 35.4 Å². The second-order valence-corrected chi connectivity index (χ2v) is 10.0. The molecule has 0 bridgehead atoms. The SMILES string of the molecule is CSc1ccc(-c2ccc(CC(=O)c3ccc(Oc4cc5c(cc4Cl)C(C(=O)O)CCO5)cc3)nn2)cc1. The maximum absolute atomic E-state index is 12.8. The zero-order chi connectivity index (χ0) is 26.6. The molecule has 1 aromatic heterocycles. The highest BCUT2D eigenvalue weighted by molar-refractivity contribution is 7.98. The number of ketones is 1. The first-order chi connectivity index (χ1) is 18.4. The Morgan fingerprint density at radius 1 is 1.05 bits per heavy atom. The van der Waals surface area contributed by atoms with Crippen LogP contribution in [0.3, 0.4) is 0 Å². The van der Waals surface area contributed by atoms with Crippen LogP contribution in [0.25, 0.3) is 11.3 Å². The van der Waals surface area contributed by atoms with Crippen LogP contribution < -0.4 is 9.47 Å². The monoisotopic (exact) mass is 546 g/mol. The Labute approximate surface area is 228 Å². The van der Waals surface area contributed by atoms with Crippen molar-refractivity contribution in [2.24, 2.45) is 0 Å². The highest BCUT2D eigenvalue weighted by atomic mass is 35.5. The summed E-state index contributed by atoms with van der Waals surface area (Å²) in [4.78, 5) is 25.5. The Bertz CT molecular complexity index is 1480. The van der Waals surface area contributed by atoms with Crippen LogP contribution >= 0.6 is 23.4 Å². The molecule has 5 rings (SSSR count). The van der Waals surface area contributed by atoms with Crippen molar-refractivity contribution in [2.75, 3.05) is 12.9 Å². The number of thioether (sulfide) groups is 1. The summed E-state index contributed by atoms with van der Waals surface area (Å²) < 4.78 is 11.5. The van der Waals surface area contributed by atoms with Gasteiger partial charge in [0, 0.05) is 27.7 Å². The Kier molecular flexibility index (Phi) is 7.62. The van der Waals surface area contributed by atoms with E-state index in [0.717, 1.165) is 11.3 Å². The lowest BCUT2D eigenvalue weighted by molar-refractivity contribution is -0.139. The number of carbonyl (C=O) groups excluding carboxylic acids is 1. The van der Waals surface area contributed by atoms with Crippen LogP contribution in [-0.4, -0.2) is 39.9 Å². The van der Waals surface area contributed by atoms with Crippen molar-refractivity contribution < 1.29 is 24.2 Å². The van der Waals surface area contributed by atoms with E-state index in [2.05, 4.69) is 10.2 Å². The number of rotatable bonds is 8. The van der Waals surface area contributed by atoms with Gasteiger partial charge in [-0.25, -0.2) is 0 Å². The Morgan fingerprint density at radius 3 is 2.47 bits per heavy atom. The van der Waals surface area contributed by atoms with Gasteiger partial charge in [0.1, 0.15) is 17.2 Å². The van der Waals surface area contributed by atoms with Gasteiger partial charge in [0.15, 0.2) is 5.78 Å². The standard InChI is InChI=1S/C29H23ClN2O5S/c1-38-21-9-4-17(5-10-21)25-11-6-19(31-32-25)14-26(33)18-2-7-20(8-3-18)37-28-16-27-23(15-24(28)30)22(29(34)35)12-13-36-27/h2-11,15-16,22H,12-14H2,1H3,(H,34,35). The zero-order valence-electron chi connectivity index (χ0n) is 20.4. The summed E-state index contributed by atoms with van der Waals surface area (Å²) in [5.74, 6) is -0.410. The van der Waals surface area contributed by atoms with Crippen LogP contribution in [0.15, 0.2) is 77.7 Å². The number of carbonyl (C=O) groups is 2. The van der Waals surface area contributed by atoms with E-state index in [0.29, 0.717) is 47.1 Å². The van der Waals surface area contributed by atoms with Crippen molar-refractivity contribution in [3.63, 3.8) is 0 Å². The molecule has 1 aliphatic rings. The number of hydrogen-bond donors (Lipinski definition) is 1. The minimum absolute atomic E-state index is 0.0946. The fourth-order valence-electron chi connectivity index (χ4n) is 4.20. The summed E-state index contributed by atoms with van der Waals surface area (Å²) >= 11 is 8.05. The average molecular weight is 547 g/mol. The van der Waals surface area contributed by atoms with E-state index in [1.54, 1.807) is 48.2 Å². The van der Waals surface area contributed by atoms with Crippen molar-refractivity contribution in [1.82, 2.24) is 10.2 Å². The minimum Gasteiger partial charge on any atom is -0.493 e. The molecule has 2 heterocycles. The first-order valence-corrected chi connectivity index (χ1v) is 13.5. The maximum Gasteiger partial charge on any atom is 0.311 e. The molecule has 0 aliphatic carbocycles. The second-order valence-electron chi connectivity index (χ2n) is 8.71. The molecule has 1 unspecified atom stereocenters. The third-order valence-corrected chi connectivity index (χ3v) is 7.29. The number of fused-ring (bicyclic) bond motifs is 1. The zero-order valence-corrected chi connectivity index (χ0v) is 22.0. The quantitative estimate of drug-likeness (QED) is 0.193. The molecule has 38 heavy (non-hydrogen) atoms. The van der Waals surface area contributed by atoms with Crippen molar-refractivity contribution in [3.05, 3.63) is 94.6 Å². The lowest BCUT2D eigenvalue weighted by Gasteiger charge is -2.24. The van der Waals surface area contributed by atoms with Gasteiger partial charge in [-0.3, -0.25) is 9.59 Å². The van der Waals surface area contributed by atoms with E-state index in [1.165, 1.54) is 4.90 Å². The lowest BCUT2D eigenvalue weighted by Crippen LogP contribution is -2.20. The number of hydrogen-bond acceptors (Lipinski definition) is 7. The number of carboxylic acid groups (broad SMARTS) is 1. The van der Waals surface area contributed by atoms with E-state index in [1.807, 2.05) is 42.7 Å². The first-order valence-electron chi connectivity index (χ1n) is 11.9. The number of benzene rings is 3. The number of nitrogens with zero attached hydrogens (tertiary/aromatic N) is 2. The molecule has 9 heteroatoms. The van der Waals surface area contributed by atoms with Crippen molar-refractivity contribution in [2.45, 2.75) is 23.7 Å². The lowest BCUT2D eigenvalue weighted by atomic mass is 9.93. The van der Waals surface area contributed by atoms with Crippen LogP contribution in [0.1, 0.15) is 34.0 Å². The normalized spacial score (nSPS) is 14.3. The molecule has 0 spiro atoms. The van der Waals surface area contributed by atoms with Crippen LogP contribution in [0.4, 0.5) is 0 Å². The van der Waals surface area contributed by atoms with Crippen LogP contribution in [-0.2, 0) is 11.2 Å². The van der Waals surface area contributed by atoms with Gasteiger partial charge in [-0.05, 0) is 67.3 Å². The highest BCUT2D eigenvalue weighted by Crippen LogP contribution is 2.41. The van der Waals surface area contributed by atoms with E-state index in [-0.39, 0.29) is 17.2 Å². The number of aliphatic carboxylic acids is 1. The van der Waals surface area contributed by atoms with Crippen molar-refractivity contribution in [1.29, 1.82) is 0 Å². The molecule has 0 amide bonds. The van der Waals surface area contributed by atoms with Crippen LogP contribution in [0, 0.1) is 0 Å². The van der Waals surface area contributed by atoms with Gasteiger partial charge in [-0.1, -0.05) is 23.7 Å². The fraction of sp³-hybridized carbons (Fsp3) is 0.172. The van der Waals surface area contributed by atoms with Gasteiger partial charge in [0.2, 0.25) is 0 Å². The van der Waals surface area contributed by atoms with E-state index < -0.39 is 11.9 Å². The fourth-order valence-corrected chi connectivity index (χ4v) is 4.82. The summed E-state index contributed by atoms with van der Waals surface area (Å²) in [5, 5.41) is 18.2. The predicted octanol–water partition coefficient (Wildman–Crippen LogP) is 6.69. The van der Waals surface area contributed by atoms with Gasteiger partial charge in [0.25, 0.3) is 0 Å². The molecule has 0 saturated carbocycles. The molecule has 192 valence electrons. The minimum atomic E-state index is -0.914.